The normalized spacial score (nSPS) is 13.9. The first-order valence-electron chi connectivity index (χ1n) is 4.32. The molecule has 0 fully saturated rings. The third-order valence-electron chi connectivity index (χ3n) is 1.69. The minimum atomic E-state index is 0.444. The average Bonchev–Trinajstić information content (AvgIpc) is 1.97. The lowest BCUT2D eigenvalue weighted by atomic mass is 10.3. The maximum Gasteiger partial charge on any atom is 0.0604 e. The van der Waals surface area contributed by atoms with E-state index in [4.69, 9.17) is 5.73 Å². The summed E-state index contributed by atoms with van der Waals surface area (Å²) in [6, 6.07) is 0. The van der Waals surface area contributed by atoms with Crippen molar-refractivity contribution >= 4 is 0 Å². The van der Waals surface area contributed by atoms with Crippen LogP contribution in [0.2, 0.25) is 0 Å². The highest BCUT2D eigenvalue weighted by molar-refractivity contribution is 4.63. The van der Waals surface area contributed by atoms with Crippen LogP contribution in [-0.4, -0.2) is 38.3 Å². The highest BCUT2D eigenvalue weighted by Crippen LogP contribution is 1.93. The van der Waals surface area contributed by atoms with Crippen molar-refractivity contribution in [3.05, 3.63) is 0 Å². The second-order valence-electron chi connectivity index (χ2n) is 3.01. The van der Waals surface area contributed by atoms with Gasteiger partial charge in [0.05, 0.1) is 6.17 Å². The quantitative estimate of drug-likeness (QED) is 0.545. The van der Waals surface area contributed by atoms with Crippen molar-refractivity contribution in [1.82, 2.24) is 10.2 Å². The van der Waals surface area contributed by atoms with Crippen LogP contribution in [-0.2, 0) is 0 Å². The van der Waals surface area contributed by atoms with E-state index in [0.29, 0.717) is 6.17 Å². The van der Waals surface area contributed by atoms with Crippen molar-refractivity contribution in [3.8, 4) is 0 Å². The second kappa shape index (κ2) is 6.58. The monoisotopic (exact) mass is 159 g/mol. The first kappa shape index (κ1) is 10.9. The number of hydrogen-bond donors (Lipinski definition) is 2. The number of nitrogens with zero attached hydrogens (tertiary/aromatic N) is 1. The van der Waals surface area contributed by atoms with Gasteiger partial charge in [0.1, 0.15) is 0 Å². The Bertz CT molecular complexity index is 83.4. The molecule has 0 saturated carbocycles. The summed E-state index contributed by atoms with van der Waals surface area (Å²) in [6.07, 6.45) is 2.64. The van der Waals surface area contributed by atoms with Crippen LogP contribution in [0.5, 0.6) is 0 Å². The van der Waals surface area contributed by atoms with Crippen molar-refractivity contribution in [2.24, 2.45) is 5.73 Å². The Labute approximate surface area is 69.9 Å². The van der Waals surface area contributed by atoms with Crippen LogP contribution in [0, 0.1) is 0 Å². The zero-order valence-electron chi connectivity index (χ0n) is 7.93. The third-order valence-corrected chi connectivity index (χ3v) is 1.69. The molecule has 0 aromatic heterocycles. The molecule has 0 aliphatic carbocycles. The molecule has 3 heteroatoms. The van der Waals surface area contributed by atoms with Crippen LogP contribution in [0.15, 0.2) is 0 Å². The Kier molecular flexibility index (Phi) is 6.51. The van der Waals surface area contributed by atoms with Crippen molar-refractivity contribution in [2.45, 2.75) is 25.9 Å². The highest BCUT2D eigenvalue weighted by Gasteiger charge is 2.07. The van der Waals surface area contributed by atoms with Gasteiger partial charge in [-0.2, -0.15) is 0 Å². The standard InChI is InChI=1S/C8H21N3/c1-4-7-10-8(5-6-9)11(2)3/h8,10H,4-7,9H2,1-3H3. The average molecular weight is 159 g/mol. The van der Waals surface area contributed by atoms with E-state index in [-0.39, 0.29) is 0 Å². The van der Waals surface area contributed by atoms with Crippen LogP contribution in [0.4, 0.5) is 0 Å². The van der Waals surface area contributed by atoms with Crippen molar-refractivity contribution in [2.75, 3.05) is 27.2 Å². The summed E-state index contributed by atoms with van der Waals surface area (Å²) in [5.41, 5.74) is 5.47. The zero-order chi connectivity index (χ0) is 8.69. The van der Waals surface area contributed by atoms with E-state index in [0.717, 1.165) is 19.5 Å². The van der Waals surface area contributed by atoms with Crippen molar-refractivity contribution in [1.29, 1.82) is 0 Å². The molecule has 0 aromatic rings. The molecule has 68 valence electrons. The summed E-state index contributed by atoms with van der Waals surface area (Å²) in [7, 11) is 4.14. The Morgan fingerprint density at radius 1 is 1.45 bits per heavy atom. The summed E-state index contributed by atoms with van der Waals surface area (Å²) in [4.78, 5) is 2.17. The Morgan fingerprint density at radius 2 is 2.09 bits per heavy atom. The van der Waals surface area contributed by atoms with Gasteiger partial charge in [0.2, 0.25) is 0 Å². The van der Waals surface area contributed by atoms with Crippen LogP contribution in [0.25, 0.3) is 0 Å². The second-order valence-corrected chi connectivity index (χ2v) is 3.01. The lowest BCUT2D eigenvalue weighted by molar-refractivity contribution is 0.236. The molecule has 0 bridgehead atoms. The first-order valence-corrected chi connectivity index (χ1v) is 4.32. The van der Waals surface area contributed by atoms with Crippen LogP contribution in [0.1, 0.15) is 19.8 Å². The minimum Gasteiger partial charge on any atom is -0.330 e. The molecule has 3 N–H and O–H groups in total. The highest BCUT2D eigenvalue weighted by atomic mass is 15.2. The molecule has 0 rings (SSSR count). The fraction of sp³-hybridized carbons (Fsp3) is 1.00. The van der Waals surface area contributed by atoms with Gasteiger partial charge in [-0.1, -0.05) is 6.92 Å². The van der Waals surface area contributed by atoms with Crippen LogP contribution < -0.4 is 11.1 Å². The zero-order valence-corrected chi connectivity index (χ0v) is 7.93. The molecule has 11 heavy (non-hydrogen) atoms. The molecule has 0 aromatic carbocycles. The molecule has 0 saturated heterocycles. The van der Waals surface area contributed by atoms with Gasteiger partial charge < -0.3 is 11.1 Å². The number of hydrogen-bond acceptors (Lipinski definition) is 3. The number of nitrogens with two attached hydrogens (primary N) is 1. The molecule has 0 radical (unpaired) electrons. The van der Waals surface area contributed by atoms with Crippen molar-refractivity contribution in [3.63, 3.8) is 0 Å². The summed E-state index contributed by atoms with van der Waals surface area (Å²) in [5, 5.41) is 3.42. The summed E-state index contributed by atoms with van der Waals surface area (Å²) < 4.78 is 0. The molecule has 0 aliphatic heterocycles. The largest absolute Gasteiger partial charge is 0.330 e. The molecular formula is C8H21N3. The fourth-order valence-corrected chi connectivity index (χ4v) is 1.01. The predicted molar refractivity (Wildman–Crippen MR) is 49.4 cm³/mol. The van der Waals surface area contributed by atoms with Crippen LogP contribution >= 0.6 is 0 Å². The Morgan fingerprint density at radius 3 is 2.45 bits per heavy atom. The van der Waals surface area contributed by atoms with Crippen LogP contribution in [0.3, 0.4) is 0 Å². The van der Waals surface area contributed by atoms with Gasteiger partial charge in [0.15, 0.2) is 0 Å². The summed E-state index contributed by atoms with van der Waals surface area (Å²) in [5.74, 6) is 0. The summed E-state index contributed by atoms with van der Waals surface area (Å²) in [6.45, 7) is 3.99. The molecule has 0 amide bonds. The fourth-order valence-electron chi connectivity index (χ4n) is 1.01. The van der Waals surface area contributed by atoms with Gasteiger partial charge >= 0.3 is 0 Å². The van der Waals surface area contributed by atoms with Gasteiger partial charge in [0.25, 0.3) is 0 Å². The maximum absolute atomic E-state index is 5.47. The lowest BCUT2D eigenvalue weighted by Gasteiger charge is -2.24. The Hall–Kier alpha value is -0.120. The molecule has 0 heterocycles. The number of nitrogens with one attached hydrogen (secondary N) is 1. The lowest BCUT2D eigenvalue weighted by Crippen LogP contribution is -2.43. The third kappa shape index (κ3) is 5.18. The van der Waals surface area contributed by atoms with E-state index in [1.54, 1.807) is 0 Å². The van der Waals surface area contributed by atoms with E-state index in [2.05, 4.69) is 31.2 Å². The van der Waals surface area contributed by atoms with Gasteiger partial charge in [-0.15, -0.1) is 0 Å². The molecule has 1 atom stereocenters. The number of rotatable bonds is 6. The predicted octanol–water partition coefficient (Wildman–Crippen LogP) is 0.223. The smallest absolute Gasteiger partial charge is 0.0604 e. The van der Waals surface area contributed by atoms with Gasteiger partial charge in [-0.25, -0.2) is 0 Å². The van der Waals surface area contributed by atoms with E-state index in [1.165, 1.54) is 6.42 Å². The van der Waals surface area contributed by atoms with E-state index in [1.807, 2.05) is 0 Å². The molecule has 0 aliphatic rings. The SMILES string of the molecule is CCCNC(CCN)N(C)C. The molecule has 1 unspecified atom stereocenters. The van der Waals surface area contributed by atoms with Gasteiger partial charge in [-0.05, 0) is 40.0 Å². The van der Waals surface area contributed by atoms with Crippen molar-refractivity contribution < 1.29 is 0 Å². The molecule has 3 nitrogen and oxygen atoms in total. The topological polar surface area (TPSA) is 41.3 Å². The van der Waals surface area contributed by atoms with E-state index < -0.39 is 0 Å². The van der Waals surface area contributed by atoms with Gasteiger partial charge in [0, 0.05) is 0 Å². The maximum atomic E-state index is 5.47. The Balaban J connectivity index is 3.51. The molecular weight excluding hydrogens is 138 g/mol. The van der Waals surface area contributed by atoms with Gasteiger partial charge in [-0.3, -0.25) is 4.90 Å². The minimum absolute atomic E-state index is 0.444. The first-order chi connectivity index (χ1) is 5.22. The molecule has 0 spiro atoms. The summed E-state index contributed by atoms with van der Waals surface area (Å²) >= 11 is 0. The van der Waals surface area contributed by atoms with E-state index in [9.17, 15) is 0 Å². The van der Waals surface area contributed by atoms with E-state index >= 15 is 0 Å².